The van der Waals surface area contributed by atoms with Crippen molar-refractivity contribution in [3.8, 4) is 0 Å². The zero-order valence-electron chi connectivity index (χ0n) is 13.8. The molecule has 0 saturated heterocycles. The van der Waals surface area contributed by atoms with E-state index in [0.29, 0.717) is 0 Å². The van der Waals surface area contributed by atoms with Crippen molar-refractivity contribution < 1.29 is 9.79 Å². The third-order valence-electron chi connectivity index (χ3n) is 3.94. The molecule has 1 aromatic carbocycles. The normalized spacial score (nSPS) is 17.3. The number of carbonyl (C=O) groups excluding carboxylic acids is 1. The summed E-state index contributed by atoms with van der Waals surface area (Å²) in [5, 5.41) is 9.32. The van der Waals surface area contributed by atoms with Crippen LogP contribution in [-0.4, -0.2) is 17.3 Å². The summed E-state index contributed by atoms with van der Waals surface area (Å²) in [4.78, 5) is 17.5. The Labute approximate surface area is 150 Å². The number of amidine groups is 1. The summed E-state index contributed by atoms with van der Waals surface area (Å²) >= 11 is 3.25. The van der Waals surface area contributed by atoms with Crippen molar-refractivity contribution in [2.45, 2.75) is 19.9 Å². The Morgan fingerprint density at radius 1 is 1.25 bits per heavy atom. The summed E-state index contributed by atoms with van der Waals surface area (Å²) in [6.07, 6.45) is 2.01. The number of thioether (sulfide) groups is 1. The van der Waals surface area contributed by atoms with Crippen LogP contribution in [0.1, 0.15) is 23.4 Å². The molecule has 2 aromatic rings. The van der Waals surface area contributed by atoms with Crippen LogP contribution in [0.25, 0.3) is 0 Å². The first-order valence-electron chi connectivity index (χ1n) is 7.66. The van der Waals surface area contributed by atoms with Crippen molar-refractivity contribution in [1.82, 2.24) is 5.32 Å². The molecule has 3 rings (SSSR count). The van der Waals surface area contributed by atoms with E-state index in [4.69, 9.17) is 0 Å². The average molecular weight is 359 g/mol. The van der Waals surface area contributed by atoms with Crippen molar-refractivity contribution in [3.63, 3.8) is 0 Å². The van der Waals surface area contributed by atoms with Crippen molar-refractivity contribution in [2.75, 3.05) is 11.6 Å². The number of anilines is 1. The Morgan fingerprint density at radius 2 is 2.04 bits per heavy atom. The highest BCUT2D eigenvalue weighted by Crippen LogP contribution is 2.27. The molecule has 4 nitrogen and oxygen atoms in total. The van der Waals surface area contributed by atoms with Gasteiger partial charge < -0.3 is 5.32 Å². The summed E-state index contributed by atoms with van der Waals surface area (Å²) in [7, 11) is 0. The lowest BCUT2D eigenvalue weighted by atomic mass is 10.0. The van der Waals surface area contributed by atoms with E-state index in [-0.39, 0.29) is 11.9 Å². The van der Waals surface area contributed by atoms with Gasteiger partial charge in [-0.1, -0.05) is 24.3 Å². The molecule has 0 fully saturated rings. The van der Waals surface area contributed by atoms with Crippen LogP contribution in [0.5, 0.6) is 0 Å². The first kappa shape index (κ1) is 16.8. The fourth-order valence-electron chi connectivity index (χ4n) is 2.68. The van der Waals surface area contributed by atoms with Gasteiger partial charge in [-0.25, -0.2) is 5.32 Å². The van der Waals surface area contributed by atoms with Gasteiger partial charge in [-0.3, -0.25) is 9.79 Å². The molecule has 3 N–H and O–H groups in total. The number of allylic oxidation sites excluding steroid dienone is 1. The van der Waals surface area contributed by atoms with Crippen LogP contribution in [0.2, 0.25) is 0 Å². The van der Waals surface area contributed by atoms with E-state index in [0.717, 1.165) is 32.6 Å². The zero-order chi connectivity index (χ0) is 17.1. The fraction of sp³-hybridized carbons (Fsp3) is 0.222. The molecule has 0 bridgehead atoms. The zero-order valence-corrected chi connectivity index (χ0v) is 15.5. The highest BCUT2D eigenvalue weighted by molar-refractivity contribution is 8.12. The second-order valence-electron chi connectivity index (χ2n) is 5.56. The molecule has 0 saturated carbocycles. The molecule has 1 amide bonds. The molecular weight excluding hydrogens is 338 g/mol. The number of carbonyl (C=O) groups is 1. The van der Waals surface area contributed by atoms with Crippen LogP contribution in [-0.2, 0) is 4.79 Å². The maximum absolute atomic E-state index is 13.0. The molecule has 1 aliphatic heterocycles. The van der Waals surface area contributed by atoms with Crippen LogP contribution >= 0.6 is 23.1 Å². The summed E-state index contributed by atoms with van der Waals surface area (Å²) in [5.74, 6) is -0.0830. The van der Waals surface area contributed by atoms with Crippen molar-refractivity contribution in [2.24, 2.45) is 0 Å². The number of aryl methyl sites for hydroxylation is 1. The quantitative estimate of drug-likeness (QED) is 0.790. The van der Waals surface area contributed by atoms with E-state index in [9.17, 15) is 4.79 Å². The van der Waals surface area contributed by atoms with Crippen molar-refractivity contribution in [1.29, 1.82) is 0 Å². The maximum atomic E-state index is 13.0. The smallest absolute Gasteiger partial charge is 0.309 e. The summed E-state index contributed by atoms with van der Waals surface area (Å²) in [6, 6.07) is 11.7. The van der Waals surface area contributed by atoms with Gasteiger partial charge in [0.25, 0.3) is 5.91 Å². The number of para-hydroxylation sites is 1. The third-order valence-corrected chi connectivity index (χ3v) is 5.50. The summed E-state index contributed by atoms with van der Waals surface area (Å²) < 4.78 is 0. The number of thiophene rings is 1. The van der Waals surface area contributed by atoms with Gasteiger partial charge in [0.05, 0.1) is 4.88 Å². The first-order chi connectivity index (χ1) is 11.6. The Balaban J connectivity index is 1.94. The summed E-state index contributed by atoms with van der Waals surface area (Å²) in [5.41, 5.74) is 3.48. The van der Waals surface area contributed by atoms with Gasteiger partial charge in [-0.2, -0.15) is 0 Å². The van der Waals surface area contributed by atoms with Crippen LogP contribution in [0.15, 0.2) is 53.0 Å². The minimum Gasteiger partial charge on any atom is -0.322 e. The molecule has 2 heterocycles. The third kappa shape index (κ3) is 3.39. The minimum atomic E-state index is -0.141. The molecule has 0 aliphatic carbocycles. The number of rotatable bonds is 3. The predicted octanol–water partition coefficient (Wildman–Crippen LogP) is 2.41. The van der Waals surface area contributed by atoms with Gasteiger partial charge in [0.1, 0.15) is 11.3 Å². The average Bonchev–Trinajstić information content (AvgIpc) is 3.10. The molecule has 1 atom stereocenters. The van der Waals surface area contributed by atoms with Gasteiger partial charge in [0.15, 0.2) is 6.04 Å². The number of benzene rings is 1. The number of amides is 1. The van der Waals surface area contributed by atoms with E-state index in [1.54, 1.807) is 23.1 Å². The van der Waals surface area contributed by atoms with E-state index in [1.165, 1.54) is 0 Å². The topological polar surface area (TPSA) is 55.1 Å². The maximum Gasteiger partial charge on any atom is 0.309 e. The van der Waals surface area contributed by atoms with Crippen LogP contribution < -0.4 is 15.6 Å². The van der Waals surface area contributed by atoms with Gasteiger partial charge in [-0.15, -0.1) is 11.3 Å². The van der Waals surface area contributed by atoms with Gasteiger partial charge in [0, 0.05) is 5.69 Å². The largest absolute Gasteiger partial charge is 0.322 e. The van der Waals surface area contributed by atoms with E-state index < -0.39 is 0 Å². The van der Waals surface area contributed by atoms with Gasteiger partial charge >= 0.3 is 5.17 Å². The van der Waals surface area contributed by atoms with Crippen LogP contribution in [0.3, 0.4) is 0 Å². The molecule has 124 valence electrons. The number of hydrogen-bond donors (Lipinski definition) is 3. The Hall–Kier alpha value is -2.05. The lowest BCUT2D eigenvalue weighted by molar-refractivity contribution is -0.497. The molecule has 0 radical (unpaired) electrons. The Kier molecular flexibility index (Phi) is 5.06. The number of nitrogens with one attached hydrogen (secondary N) is 3. The molecule has 1 aromatic heterocycles. The molecule has 1 unspecified atom stereocenters. The molecule has 24 heavy (non-hydrogen) atoms. The van der Waals surface area contributed by atoms with Crippen molar-refractivity contribution >= 4 is 39.9 Å². The van der Waals surface area contributed by atoms with Gasteiger partial charge in [0.2, 0.25) is 0 Å². The van der Waals surface area contributed by atoms with Crippen LogP contribution in [0.4, 0.5) is 5.69 Å². The highest BCUT2D eigenvalue weighted by Gasteiger charge is 2.34. The van der Waals surface area contributed by atoms with E-state index in [1.807, 2.05) is 55.8 Å². The van der Waals surface area contributed by atoms with Gasteiger partial charge in [-0.05, 0) is 54.9 Å². The SMILES string of the molecule is CSC1=[NH+]C(c2cccs2)C(C(=O)Nc2ccccc2C)=C(C)N1. The molecule has 0 spiro atoms. The Morgan fingerprint density at radius 3 is 2.71 bits per heavy atom. The van der Waals surface area contributed by atoms with E-state index >= 15 is 0 Å². The fourth-order valence-corrected chi connectivity index (χ4v) is 3.95. The standard InChI is InChI=1S/C18H19N3OS2/c1-11-7-4-5-8-13(11)20-17(22)15-12(2)19-18(23-3)21-16(15)14-9-6-10-24-14/h4-10,16H,1-3H3,(H,19,21)(H,20,22)/p+1. The van der Waals surface area contributed by atoms with E-state index in [2.05, 4.69) is 21.7 Å². The van der Waals surface area contributed by atoms with Crippen molar-refractivity contribution in [3.05, 3.63) is 63.5 Å². The second kappa shape index (κ2) is 7.23. The summed E-state index contributed by atoms with van der Waals surface area (Å²) in [6.45, 7) is 3.94. The van der Waals surface area contributed by atoms with Crippen LogP contribution in [0, 0.1) is 6.92 Å². The first-order valence-corrected chi connectivity index (χ1v) is 9.76. The molecular formula is C18H20N3OS2+. The molecule has 6 heteroatoms. The monoisotopic (exact) mass is 358 g/mol. The Bertz CT molecular complexity index is 809. The lowest BCUT2D eigenvalue weighted by Gasteiger charge is -2.20. The minimum absolute atomic E-state index is 0.0830. The number of hydrogen-bond acceptors (Lipinski definition) is 4. The highest BCUT2D eigenvalue weighted by atomic mass is 32.2. The second-order valence-corrected chi connectivity index (χ2v) is 7.35. The molecule has 1 aliphatic rings. The lowest BCUT2D eigenvalue weighted by Crippen LogP contribution is -2.79. The predicted molar refractivity (Wildman–Crippen MR) is 102 cm³/mol.